The molecule has 0 saturated heterocycles. The van der Waals surface area contributed by atoms with Crippen molar-refractivity contribution in [2.75, 3.05) is 4.90 Å². The maximum absolute atomic E-state index is 4.91. The molecule has 2 aliphatic rings. The zero-order valence-corrected chi connectivity index (χ0v) is 33.4. The monoisotopic (exact) mass is 759 g/mol. The van der Waals surface area contributed by atoms with Crippen LogP contribution in [-0.4, -0.2) is 19.9 Å². The van der Waals surface area contributed by atoms with Gasteiger partial charge in [0.15, 0.2) is 0 Å². The largest absolute Gasteiger partial charge is 0.338 e. The summed E-state index contributed by atoms with van der Waals surface area (Å²) in [6, 6.07) is 59.5. The van der Waals surface area contributed by atoms with Crippen molar-refractivity contribution in [2.24, 2.45) is 0 Å². The highest BCUT2D eigenvalue weighted by Crippen LogP contribution is 2.58. The minimum absolute atomic E-state index is 0.0799. The smallest absolute Gasteiger partial charge is 0.138 e. The number of imidazole rings is 2. The lowest BCUT2D eigenvalue weighted by atomic mass is 9.79. The lowest BCUT2D eigenvalue weighted by Crippen LogP contribution is -2.18. The summed E-state index contributed by atoms with van der Waals surface area (Å²) in [7, 11) is 0. The molecule has 12 rings (SSSR count). The Bertz CT molecular complexity index is 3140. The van der Waals surface area contributed by atoms with Gasteiger partial charge in [0.1, 0.15) is 11.6 Å². The van der Waals surface area contributed by atoms with Crippen molar-refractivity contribution in [3.05, 3.63) is 186 Å². The van der Waals surface area contributed by atoms with Crippen molar-refractivity contribution in [3.63, 3.8) is 0 Å². The van der Waals surface area contributed by atoms with Crippen molar-refractivity contribution in [2.45, 2.75) is 38.5 Å². The van der Waals surface area contributed by atoms with E-state index < -0.39 is 0 Å². The van der Waals surface area contributed by atoms with Gasteiger partial charge in [-0.1, -0.05) is 100 Å². The second-order valence-corrected chi connectivity index (χ2v) is 17.2. The molecular formula is C54H41N5. The average molecular weight is 760 g/mol. The highest BCUT2D eigenvalue weighted by Gasteiger charge is 2.42. The Morgan fingerprint density at radius 2 is 0.915 bits per heavy atom. The van der Waals surface area contributed by atoms with E-state index in [1.54, 1.807) is 0 Å². The van der Waals surface area contributed by atoms with Crippen molar-refractivity contribution >= 4 is 49.9 Å². The first kappa shape index (κ1) is 33.9. The highest BCUT2D eigenvalue weighted by molar-refractivity contribution is 6.10. The number of rotatable bonds is 5. The van der Waals surface area contributed by atoms with Crippen molar-refractivity contribution in [1.29, 1.82) is 0 Å². The van der Waals surface area contributed by atoms with Gasteiger partial charge < -0.3 is 14.9 Å². The Kier molecular flexibility index (Phi) is 6.97. The Morgan fingerprint density at radius 3 is 1.53 bits per heavy atom. The Labute approximate surface area is 343 Å². The van der Waals surface area contributed by atoms with E-state index in [-0.39, 0.29) is 10.8 Å². The van der Waals surface area contributed by atoms with Crippen LogP contribution in [0.2, 0.25) is 0 Å². The van der Waals surface area contributed by atoms with E-state index in [0.717, 1.165) is 61.9 Å². The molecule has 5 nitrogen and oxygen atoms in total. The van der Waals surface area contributed by atoms with E-state index in [0.29, 0.717) is 0 Å². The standard InChI is InChI=1S/C54H41N5/c1-53(2)41-16-8-7-13-36(41)39-29-43-40(30-42(39)53)50-38-15-6-5-14-37(38)49(31-44(50)54(43,3)4)59(34-25-21-32(22-26-34)51-55-45-17-9-10-18-46(45)56-51)35-27-23-33(24-28-35)52-57-47-19-11-12-20-48(47)58-52/h5-31H,1-4H3,(H,55,56)(H,57,58). The lowest BCUT2D eigenvalue weighted by Gasteiger charge is -2.30. The summed E-state index contributed by atoms with van der Waals surface area (Å²) in [6.07, 6.45) is 0. The summed E-state index contributed by atoms with van der Waals surface area (Å²) in [5, 5.41) is 2.48. The van der Waals surface area contributed by atoms with E-state index in [2.05, 4.69) is 170 Å². The van der Waals surface area contributed by atoms with Gasteiger partial charge >= 0.3 is 0 Å². The molecule has 2 aromatic heterocycles. The summed E-state index contributed by atoms with van der Waals surface area (Å²) in [4.78, 5) is 19.3. The van der Waals surface area contributed by atoms with Crippen molar-refractivity contribution < 1.29 is 0 Å². The fourth-order valence-corrected chi connectivity index (χ4v) is 10.1. The molecule has 0 atom stereocenters. The van der Waals surface area contributed by atoms with Crippen LogP contribution in [0.4, 0.5) is 17.1 Å². The maximum atomic E-state index is 4.91. The second kappa shape index (κ2) is 12.1. The van der Waals surface area contributed by atoms with E-state index in [9.17, 15) is 0 Å². The molecule has 2 aliphatic carbocycles. The number of nitrogens with one attached hydrogen (secondary N) is 2. The molecule has 59 heavy (non-hydrogen) atoms. The van der Waals surface area contributed by atoms with Gasteiger partial charge in [0, 0.05) is 38.7 Å². The maximum Gasteiger partial charge on any atom is 0.138 e. The number of hydrogen-bond donors (Lipinski definition) is 2. The molecule has 0 unspecified atom stereocenters. The number of nitrogens with zero attached hydrogens (tertiary/aromatic N) is 3. The minimum atomic E-state index is -0.234. The third kappa shape index (κ3) is 4.91. The van der Waals surface area contributed by atoms with E-state index in [1.165, 1.54) is 55.3 Å². The summed E-state index contributed by atoms with van der Waals surface area (Å²) in [5.41, 5.74) is 20.0. The van der Waals surface area contributed by atoms with Crippen LogP contribution in [0.5, 0.6) is 0 Å². The van der Waals surface area contributed by atoms with Gasteiger partial charge in [0.05, 0.1) is 27.8 Å². The van der Waals surface area contributed by atoms with Crippen LogP contribution in [0.1, 0.15) is 49.9 Å². The van der Waals surface area contributed by atoms with Crippen LogP contribution in [0, 0.1) is 0 Å². The number of aromatic amines is 2. The predicted molar refractivity (Wildman–Crippen MR) is 244 cm³/mol. The molecular weight excluding hydrogens is 719 g/mol. The molecule has 0 amide bonds. The average Bonchev–Trinajstić information content (AvgIpc) is 4.01. The molecule has 0 spiro atoms. The van der Waals surface area contributed by atoms with Gasteiger partial charge in [0.2, 0.25) is 0 Å². The third-order valence-corrected chi connectivity index (χ3v) is 13.2. The number of hydrogen-bond acceptors (Lipinski definition) is 3. The van der Waals surface area contributed by atoms with Crippen LogP contribution < -0.4 is 4.90 Å². The predicted octanol–water partition coefficient (Wildman–Crippen LogP) is 14.0. The zero-order chi connectivity index (χ0) is 39.6. The quantitative estimate of drug-likeness (QED) is 0.184. The van der Waals surface area contributed by atoms with Crippen LogP contribution in [-0.2, 0) is 10.8 Å². The molecule has 0 saturated carbocycles. The van der Waals surface area contributed by atoms with Crippen LogP contribution in [0.25, 0.3) is 77.9 Å². The first-order valence-electron chi connectivity index (χ1n) is 20.5. The molecule has 5 heteroatoms. The Morgan fingerprint density at radius 1 is 0.424 bits per heavy atom. The molecule has 0 radical (unpaired) electrons. The van der Waals surface area contributed by atoms with E-state index in [1.807, 2.05) is 36.4 Å². The number of para-hydroxylation sites is 4. The van der Waals surface area contributed by atoms with Gasteiger partial charge in [-0.25, -0.2) is 9.97 Å². The van der Waals surface area contributed by atoms with Gasteiger partial charge in [-0.05, 0) is 141 Å². The lowest BCUT2D eigenvalue weighted by molar-refractivity contribution is 0.652. The number of H-pyrrole nitrogens is 2. The van der Waals surface area contributed by atoms with Crippen LogP contribution >= 0.6 is 0 Å². The minimum Gasteiger partial charge on any atom is -0.338 e. The second-order valence-electron chi connectivity index (χ2n) is 17.2. The fourth-order valence-electron chi connectivity index (χ4n) is 10.1. The third-order valence-electron chi connectivity index (χ3n) is 13.2. The number of fused-ring (bicyclic) bond motifs is 10. The highest BCUT2D eigenvalue weighted by atomic mass is 15.1. The van der Waals surface area contributed by atoms with Crippen molar-refractivity contribution in [3.8, 4) is 45.0 Å². The van der Waals surface area contributed by atoms with Crippen molar-refractivity contribution in [1.82, 2.24) is 19.9 Å². The van der Waals surface area contributed by atoms with Gasteiger partial charge in [0.25, 0.3) is 0 Å². The Balaban J connectivity index is 1.04. The Hall–Kier alpha value is -7.24. The van der Waals surface area contributed by atoms with Gasteiger partial charge in [-0.3, -0.25) is 0 Å². The van der Waals surface area contributed by atoms with Gasteiger partial charge in [-0.15, -0.1) is 0 Å². The van der Waals surface area contributed by atoms with E-state index in [4.69, 9.17) is 9.97 Å². The molecule has 2 N–H and O–H groups in total. The number of aromatic nitrogens is 4. The van der Waals surface area contributed by atoms with Crippen LogP contribution in [0.15, 0.2) is 164 Å². The molecule has 10 aromatic rings. The summed E-state index contributed by atoms with van der Waals surface area (Å²) in [5.74, 6) is 1.72. The normalized spacial score (nSPS) is 14.4. The number of benzene rings is 8. The SMILES string of the molecule is CC1(C)c2ccccc2-c2cc3c(cc21)-c1c(cc(N(c2ccc(-c4nc5ccccc5[nH]4)cc2)c2ccc(-c4nc5ccccc5[nH]4)cc2)c2ccccc12)C3(C)C. The molecule has 282 valence electrons. The van der Waals surface area contributed by atoms with Gasteiger partial charge in [-0.2, -0.15) is 0 Å². The number of anilines is 3. The van der Waals surface area contributed by atoms with Crippen LogP contribution in [0.3, 0.4) is 0 Å². The summed E-state index contributed by atoms with van der Waals surface area (Å²) in [6.45, 7) is 9.57. The summed E-state index contributed by atoms with van der Waals surface area (Å²) >= 11 is 0. The molecule has 2 heterocycles. The topological polar surface area (TPSA) is 60.6 Å². The fraction of sp³-hybridized carbons (Fsp3) is 0.111. The summed E-state index contributed by atoms with van der Waals surface area (Å²) < 4.78 is 0. The zero-order valence-electron chi connectivity index (χ0n) is 33.4. The molecule has 0 aliphatic heterocycles. The first-order chi connectivity index (χ1) is 28.7. The first-order valence-corrected chi connectivity index (χ1v) is 20.5. The molecule has 0 fully saturated rings. The molecule has 0 bridgehead atoms. The van der Waals surface area contributed by atoms with E-state index >= 15 is 0 Å². The molecule has 8 aromatic carbocycles.